The van der Waals surface area contributed by atoms with Crippen LogP contribution in [0.2, 0.25) is 0 Å². The summed E-state index contributed by atoms with van der Waals surface area (Å²) in [4.78, 5) is 10.7. The number of nitrogens with one attached hydrogen (secondary N) is 1. The van der Waals surface area contributed by atoms with Gasteiger partial charge in [0.2, 0.25) is 0 Å². The second-order valence-corrected chi connectivity index (χ2v) is 7.21. The summed E-state index contributed by atoms with van der Waals surface area (Å²) in [5, 5.41) is 7.74. The van der Waals surface area contributed by atoms with Gasteiger partial charge in [-0.05, 0) is 33.6 Å². The lowest BCUT2D eigenvalue weighted by Gasteiger charge is -2.06. The minimum Gasteiger partial charge on any atom is -0.359 e. The van der Waals surface area contributed by atoms with Crippen LogP contribution >= 0.6 is 22.7 Å². The van der Waals surface area contributed by atoms with Gasteiger partial charge in [-0.25, -0.2) is 9.97 Å². The lowest BCUT2D eigenvalue weighted by Crippen LogP contribution is -2.08. The van der Waals surface area contributed by atoms with Crippen molar-refractivity contribution < 1.29 is 0 Å². The smallest absolute Gasteiger partial charge is 0.183 e. The molecule has 0 aliphatic carbocycles. The van der Waals surface area contributed by atoms with E-state index in [1.54, 1.807) is 11.3 Å². The van der Waals surface area contributed by atoms with E-state index in [-0.39, 0.29) is 0 Å². The minimum atomic E-state index is 0.414. The summed E-state index contributed by atoms with van der Waals surface area (Å²) >= 11 is 3.47. The van der Waals surface area contributed by atoms with E-state index in [0.717, 1.165) is 29.4 Å². The maximum atomic E-state index is 4.76. The Morgan fingerprint density at radius 2 is 1.90 bits per heavy atom. The summed E-state index contributed by atoms with van der Waals surface area (Å²) in [5.74, 6) is 0.583. The van der Waals surface area contributed by atoms with Crippen molar-refractivity contribution >= 4 is 27.8 Å². The lowest BCUT2D eigenvalue weighted by atomic mass is 10.1. The predicted molar refractivity (Wildman–Crippen MR) is 90.0 cm³/mol. The average Bonchev–Trinajstić information content (AvgIpc) is 2.97. The molecule has 0 radical (unpaired) electrons. The number of nitrogens with zero attached hydrogens (tertiary/aromatic N) is 2. The third-order valence-corrected chi connectivity index (χ3v) is 5.41. The summed E-state index contributed by atoms with van der Waals surface area (Å²) < 4.78 is 0. The molecule has 0 atom stereocenters. The fourth-order valence-corrected chi connectivity index (χ4v) is 4.38. The molecule has 0 saturated carbocycles. The molecule has 0 amide bonds. The van der Waals surface area contributed by atoms with Gasteiger partial charge >= 0.3 is 0 Å². The first-order chi connectivity index (χ1) is 9.55. The Kier molecular flexibility index (Phi) is 5.16. The van der Waals surface area contributed by atoms with E-state index in [2.05, 4.69) is 50.3 Å². The van der Waals surface area contributed by atoms with Gasteiger partial charge in [0.1, 0.15) is 0 Å². The number of hydrogen-bond donors (Lipinski definition) is 1. The molecule has 2 rings (SSSR count). The summed E-state index contributed by atoms with van der Waals surface area (Å²) in [7, 11) is 0. The summed E-state index contributed by atoms with van der Waals surface area (Å²) in [5.41, 5.74) is 2.17. The fourth-order valence-electron chi connectivity index (χ4n) is 2.16. The molecule has 0 aliphatic rings. The highest BCUT2D eigenvalue weighted by atomic mass is 32.1. The van der Waals surface area contributed by atoms with Crippen LogP contribution in [0.5, 0.6) is 0 Å². The third kappa shape index (κ3) is 3.38. The maximum absolute atomic E-state index is 4.76. The van der Waals surface area contributed by atoms with Crippen LogP contribution in [0.3, 0.4) is 0 Å². The Labute approximate surface area is 129 Å². The van der Waals surface area contributed by atoms with Crippen molar-refractivity contribution in [2.24, 2.45) is 0 Å². The van der Waals surface area contributed by atoms with Crippen LogP contribution in [-0.2, 0) is 0 Å². The Morgan fingerprint density at radius 1 is 1.20 bits per heavy atom. The molecular formula is C15H23N3S2. The first-order valence-electron chi connectivity index (χ1n) is 7.24. The second-order valence-electron chi connectivity index (χ2n) is 5.32. The number of rotatable bonds is 6. The molecule has 3 nitrogen and oxygen atoms in total. The van der Waals surface area contributed by atoms with Crippen molar-refractivity contribution in [3.05, 3.63) is 16.1 Å². The van der Waals surface area contributed by atoms with E-state index in [9.17, 15) is 0 Å². The van der Waals surface area contributed by atoms with E-state index >= 15 is 0 Å². The number of aryl methyl sites for hydroxylation is 1. The van der Waals surface area contributed by atoms with Gasteiger partial charge in [-0.1, -0.05) is 13.8 Å². The molecule has 2 aromatic rings. The molecule has 0 spiro atoms. The molecule has 110 valence electrons. The average molecular weight is 310 g/mol. The van der Waals surface area contributed by atoms with Gasteiger partial charge in [-0.2, -0.15) is 0 Å². The zero-order valence-electron chi connectivity index (χ0n) is 12.9. The first-order valence-corrected chi connectivity index (χ1v) is 8.94. The largest absolute Gasteiger partial charge is 0.359 e. The standard InChI is InChI=1S/C15H23N3S2/c1-6-11(7-2)14-17-10(5)13(20-14)12-8-19-15(18-12)16-9(3)4/h8-9,11H,6-7H2,1-5H3,(H,16,18). The maximum Gasteiger partial charge on any atom is 0.183 e. The molecule has 0 saturated heterocycles. The molecule has 2 heterocycles. The van der Waals surface area contributed by atoms with Crippen LogP contribution in [0.4, 0.5) is 5.13 Å². The summed E-state index contributed by atoms with van der Waals surface area (Å²) in [6.45, 7) is 10.8. The quantitative estimate of drug-likeness (QED) is 0.787. The SMILES string of the molecule is CCC(CC)c1nc(C)c(-c2csc(NC(C)C)n2)s1. The van der Waals surface area contributed by atoms with Gasteiger partial charge in [-0.15, -0.1) is 22.7 Å². The monoisotopic (exact) mass is 309 g/mol. The minimum absolute atomic E-state index is 0.414. The summed E-state index contributed by atoms with van der Waals surface area (Å²) in [6, 6.07) is 0.414. The van der Waals surface area contributed by atoms with Crippen molar-refractivity contribution in [3.8, 4) is 10.6 Å². The molecule has 20 heavy (non-hydrogen) atoms. The van der Waals surface area contributed by atoms with Crippen LogP contribution in [0.1, 0.15) is 57.2 Å². The molecule has 0 aliphatic heterocycles. The summed E-state index contributed by atoms with van der Waals surface area (Å²) in [6.07, 6.45) is 2.31. The topological polar surface area (TPSA) is 37.8 Å². The molecule has 1 N–H and O–H groups in total. The van der Waals surface area contributed by atoms with E-state index in [4.69, 9.17) is 4.98 Å². The second kappa shape index (κ2) is 6.68. The zero-order valence-corrected chi connectivity index (χ0v) is 14.5. The van der Waals surface area contributed by atoms with E-state index in [1.807, 2.05) is 11.3 Å². The van der Waals surface area contributed by atoms with E-state index < -0.39 is 0 Å². The Bertz CT molecular complexity index is 553. The van der Waals surface area contributed by atoms with Crippen molar-refractivity contribution in [1.82, 2.24) is 9.97 Å². The van der Waals surface area contributed by atoms with Gasteiger partial charge in [0.15, 0.2) is 5.13 Å². The van der Waals surface area contributed by atoms with Crippen molar-refractivity contribution in [1.29, 1.82) is 0 Å². The third-order valence-electron chi connectivity index (χ3n) is 3.30. The van der Waals surface area contributed by atoms with E-state index in [0.29, 0.717) is 12.0 Å². The highest BCUT2D eigenvalue weighted by Crippen LogP contribution is 2.36. The fraction of sp³-hybridized carbons (Fsp3) is 0.600. The van der Waals surface area contributed by atoms with Crippen LogP contribution in [-0.4, -0.2) is 16.0 Å². The number of aromatic nitrogens is 2. The number of thiazole rings is 2. The Hall–Kier alpha value is -0.940. The number of anilines is 1. The highest BCUT2D eigenvalue weighted by Gasteiger charge is 2.17. The van der Waals surface area contributed by atoms with Crippen molar-refractivity contribution in [2.45, 2.75) is 59.4 Å². The molecule has 0 bridgehead atoms. The van der Waals surface area contributed by atoms with Crippen molar-refractivity contribution in [2.75, 3.05) is 5.32 Å². The van der Waals surface area contributed by atoms with E-state index in [1.165, 1.54) is 9.88 Å². The van der Waals surface area contributed by atoms with Crippen molar-refractivity contribution in [3.63, 3.8) is 0 Å². The van der Waals surface area contributed by atoms with Crippen LogP contribution in [0.25, 0.3) is 10.6 Å². The van der Waals surface area contributed by atoms with Gasteiger partial charge in [0.25, 0.3) is 0 Å². The van der Waals surface area contributed by atoms with Gasteiger partial charge in [-0.3, -0.25) is 0 Å². The van der Waals surface area contributed by atoms with Crippen LogP contribution in [0, 0.1) is 6.92 Å². The molecule has 5 heteroatoms. The van der Waals surface area contributed by atoms with Crippen LogP contribution in [0.15, 0.2) is 5.38 Å². The first kappa shape index (κ1) is 15.4. The lowest BCUT2D eigenvalue weighted by molar-refractivity contribution is 0.636. The molecular weight excluding hydrogens is 286 g/mol. The van der Waals surface area contributed by atoms with Gasteiger partial charge < -0.3 is 5.32 Å². The Balaban J connectivity index is 2.26. The van der Waals surface area contributed by atoms with Gasteiger partial charge in [0, 0.05) is 17.3 Å². The molecule has 0 aromatic carbocycles. The molecule has 0 fully saturated rings. The number of hydrogen-bond acceptors (Lipinski definition) is 5. The van der Waals surface area contributed by atoms with Crippen LogP contribution < -0.4 is 5.32 Å². The highest BCUT2D eigenvalue weighted by molar-refractivity contribution is 7.17. The predicted octanol–water partition coefficient (Wildman–Crippen LogP) is 5.30. The normalized spacial score (nSPS) is 11.6. The zero-order chi connectivity index (χ0) is 14.7. The molecule has 2 aromatic heterocycles. The molecule has 0 unspecified atom stereocenters. The Morgan fingerprint density at radius 3 is 2.50 bits per heavy atom. The van der Waals surface area contributed by atoms with Gasteiger partial charge in [0.05, 0.1) is 21.3 Å².